The van der Waals surface area contributed by atoms with Crippen molar-refractivity contribution in [2.45, 2.75) is 51.7 Å². The van der Waals surface area contributed by atoms with Gasteiger partial charge in [0, 0.05) is 36.6 Å². The lowest BCUT2D eigenvalue weighted by molar-refractivity contribution is 0.496. The summed E-state index contributed by atoms with van der Waals surface area (Å²) in [5.41, 5.74) is 8.71. The summed E-state index contributed by atoms with van der Waals surface area (Å²) in [6, 6.07) is 3.72. The Kier molecular flexibility index (Phi) is 5.77. The number of fused-ring (bicyclic) bond motifs is 1. The Morgan fingerprint density at radius 1 is 1.16 bits per heavy atom. The molecule has 1 atom stereocenters. The van der Waals surface area contributed by atoms with E-state index >= 15 is 0 Å². The Labute approximate surface area is 217 Å². The molecule has 4 heterocycles. The molecule has 4 aromatic rings. The molecular weight excluding hydrogens is 492 g/mol. The number of imidazole rings is 1. The lowest BCUT2D eigenvalue weighted by atomic mass is 10.1. The Balaban J connectivity index is 1.51. The van der Waals surface area contributed by atoms with E-state index < -0.39 is 11.2 Å². The summed E-state index contributed by atoms with van der Waals surface area (Å²) >= 11 is 6.36. The average molecular weight is 519 g/mol. The van der Waals surface area contributed by atoms with Crippen LogP contribution in [0.5, 0.6) is 0 Å². The maximum absolute atomic E-state index is 13.8. The highest BCUT2D eigenvalue weighted by Gasteiger charge is 2.27. The van der Waals surface area contributed by atoms with Crippen molar-refractivity contribution in [1.29, 1.82) is 0 Å². The monoisotopic (exact) mass is 518 g/mol. The van der Waals surface area contributed by atoms with Gasteiger partial charge in [-0.2, -0.15) is 4.98 Å². The van der Waals surface area contributed by atoms with Gasteiger partial charge in [0.05, 0.1) is 24.3 Å². The molecule has 2 aliphatic rings. The fraction of sp³-hybridized carbons (Fsp3) is 0.423. The number of halogens is 1. The highest BCUT2D eigenvalue weighted by molar-refractivity contribution is 6.32. The van der Waals surface area contributed by atoms with E-state index in [1.54, 1.807) is 18.5 Å². The molecule has 37 heavy (non-hydrogen) atoms. The van der Waals surface area contributed by atoms with Crippen LogP contribution in [0.3, 0.4) is 0 Å². The van der Waals surface area contributed by atoms with E-state index in [2.05, 4.69) is 21.7 Å². The van der Waals surface area contributed by atoms with Crippen LogP contribution >= 0.6 is 11.6 Å². The second-order valence-corrected chi connectivity index (χ2v) is 10.1. The minimum Gasteiger partial charge on any atom is -0.341 e. The average Bonchev–Trinajstić information content (AvgIpc) is 3.49. The van der Waals surface area contributed by atoms with Crippen molar-refractivity contribution in [2.75, 3.05) is 18.0 Å². The minimum absolute atomic E-state index is 0.0250. The summed E-state index contributed by atoms with van der Waals surface area (Å²) in [7, 11) is 1.63. The predicted molar refractivity (Wildman–Crippen MR) is 143 cm³/mol. The molecule has 1 saturated heterocycles. The van der Waals surface area contributed by atoms with Gasteiger partial charge < -0.3 is 10.6 Å². The van der Waals surface area contributed by atoms with Gasteiger partial charge in [0.25, 0.3) is 5.56 Å². The summed E-state index contributed by atoms with van der Waals surface area (Å²) in [4.78, 5) is 43.5. The van der Waals surface area contributed by atoms with E-state index in [-0.39, 0.29) is 19.1 Å². The molecule has 0 unspecified atom stereocenters. The van der Waals surface area contributed by atoms with Crippen LogP contribution in [0, 0.1) is 11.8 Å². The number of hydrogen-bond acceptors (Lipinski definition) is 7. The van der Waals surface area contributed by atoms with Crippen molar-refractivity contribution in [1.82, 2.24) is 28.7 Å². The lowest BCUT2D eigenvalue weighted by Crippen LogP contribution is -2.44. The predicted octanol–water partition coefficient (Wildman–Crippen LogP) is 1.59. The number of nitrogens with zero attached hydrogens (tertiary/aromatic N) is 7. The fourth-order valence-corrected chi connectivity index (χ4v) is 5.77. The van der Waals surface area contributed by atoms with E-state index in [1.165, 1.54) is 9.13 Å². The Bertz CT molecular complexity index is 1760. The zero-order valence-corrected chi connectivity index (χ0v) is 21.5. The molecule has 1 aliphatic carbocycles. The molecule has 6 rings (SSSR count). The summed E-state index contributed by atoms with van der Waals surface area (Å²) in [5.74, 6) is 6.98. The second kappa shape index (κ2) is 9.01. The third-order valence-electron chi connectivity index (χ3n) is 7.31. The third-order valence-corrected chi connectivity index (χ3v) is 7.67. The number of aryl methyl sites for hydroxylation is 3. The summed E-state index contributed by atoms with van der Waals surface area (Å²) in [6.07, 6.45) is 3.43. The Morgan fingerprint density at radius 3 is 2.78 bits per heavy atom. The highest BCUT2D eigenvalue weighted by atomic mass is 35.5. The fourth-order valence-electron chi connectivity index (χ4n) is 5.52. The molecule has 0 radical (unpaired) electrons. The van der Waals surface area contributed by atoms with E-state index in [0.717, 1.165) is 54.4 Å². The van der Waals surface area contributed by atoms with Crippen molar-refractivity contribution in [3.8, 4) is 11.8 Å². The van der Waals surface area contributed by atoms with Crippen LogP contribution in [0.25, 0.3) is 22.1 Å². The normalized spacial score (nSPS) is 17.0. The van der Waals surface area contributed by atoms with Gasteiger partial charge in [0.15, 0.2) is 11.2 Å². The molecular formula is C26H27ClN8O2. The van der Waals surface area contributed by atoms with Crippen LogP contribution in [-0.4, -0.2) is 47.8 Å². The van der Waals surface area contributed by atoms with Crippen LogP contribution in [0.2, 0.25) is 5.02 Å². The number of hydrogen-bond donors (Lipinski definition) is 1. The van der Waals surface area contributed by atoms with Crippen LogP contribution in [0.4, 0.5) is 5.95 Å². The number of benzene rings is 1. The summed E-state index contributed by atoms with van der Waals surface area (Å²) in [6.45, 7) is 3.39. The van der Waals surface area contributed by atoms with Crippen molar-refractivity contribution in [3.05, 3.63) is 55.1 Å². The molecule has 0 amide bonds. The Hall–Kier alpha value is -3.68. The molecule has 0 saturated carbocycles. The third kappa shape index (κ3) is 3.81. The smallest absolute Gasteiger partial charge is 0.332 e. The molecule has 2 N–H and O–H groups in total. The van der Waals surface area contributed by atoms with Crippen LogP contribution in [-0.2, 0) is 33.0 Å². The molecule has 1 aromatic carbocycles. The first-order valence-electron chi connectivity index (χ1n) is 12.4. The molecule has 190 valence electrons. The number of nitrogens with two attached hydrogens (primary N) is 1. The summed E-state index contributed by atoms with van der Waals surface area (Å²) in [5, 5.41) is 1.69. The topological polar surface area (TPSA) is 117 Å². The van der Waals surface area contributed by atoms with Crippen molar-refractivity contribution < 1.29 is 0 Å². The SMILES string of the molecule is CC#CCn1c(N2CCC[C@@H](N)C2)nc2c1c(=O)n(Cc1nc3c4c(c(Cl)ccc4n1)CC3)c(=O)n2C. The van der Waals surface area contributed by atoms with Gasteiger partial charge in [-0.3, -0.25) is 18.5 Å². The molecule has 3 aromatic heterocycles. The van der Waals surface area contributed by atoms with Gasteiger partial charge in [-0.25, -0.2) is 14.8 Å². The van der Waals surface area contributed by atoms with Crippen LogP contribution < -0.4 is 21.9 Å². The van der Waals surface area contributed by atoms with Crippen LogP contribution in [0.15, 0.2) is 21.7 Å². The number of piperidine rings is 1. The maximum atomic E-state index is 13.8. The van der Waals surface area contributed by atoms with E-state index in [0.29, 0.717) is 34.5 Å². The molecule has 1 fully saturated rings. The van der Waals surface area contributed by atoms with Crippen LogP contribution in [0.1, 0.15) is 36.8 Å². The van der Waals surface area contributed by atoms with E-state index in [4.69, 9.17) is 27.3 Å². The summed E-state index contributed by atoms with van der Waals surface area (Å²) < 4.78 is 4.40. The first-order valence-corrected chi connectivity index (χ1v) is 12.8. The molecule has 1 aliphatic heterocycles. The zero-order valence-electron chi connectivity index (χ0n) is 20.8. The minimum atomic E-state index is -0.470. The second-order valence-electron chi connectivity index (χ2n) is 9.68. The Morgan fingerprint density at radius 2 is 2.00 bits per heavy atom. The molecule has 0 bridgehead atoms. The first kappa shape index (κ1) is 23.7. The quantitative estimate of drug-likeness (QED) is 0.408. The molecule has 0 spiro atoms. The largest absolute Gasteiger partial charge is 0.341 e. The number of aromatic nitrogens is 6. The van der Waals surface area contributed by atoms with Gasteiger partial charge in [-0.05, 0) is 50.3 Å². The maximum Gasteiger partial charge on any atom is 0.332 e. The molecule has 10 nitrogen and oxygen atoms in total. The highest BCUT2D eigenvalue weighted by Crippen LogP contribution is 2.33. The van der Waals surface area contributed by atoms with Gasteiger partial charge >= 0.3 is 5.69 Å². The molecule has 11 heteroatoms. The van der Waals surface area contributed by atoms with E-state index in [1.807, 2.05) is 12.1 Å². The van der Waals surface area contributed by atoms with Crippen molar-refractivity contribution >= 4 is 39.6 Å². The van der Waals surface area contributed by atoms with E-state index in [9.17, 15) is 9.59 Å². The van der Waals surface area contributed by atoms with Crippen molar-refractivity contribution in [2.24, 2.45) is 12.8 Å². The van der Waals surface area contributed by atoms with Gasteiger partial charge in [0.1, 0.15) is 5.82 Å². The standard InChI is InChI=1S/C26H27ClN8O2/c1-3-4-12-34-22-23(31-25(34)33-11-5-6-15(28)13-33)32(2)26(37)35(24(22)36)14-20-29-18-9-7-16-17(27)8-10-19(30-20)21(16)18/h8,10,15H,5-7,9,11-14,28H2,1-2H3/t15-/m1/s1. The van der Waals surface area contributed by atoms with Gasteiger partial charge in [-0.1, -0.05) is 17.5 Å². The van der Waals surface area contributed by atoms with Crippen molar-refractivity contribution in [3.63, 3.8) is 0 Å². The lowest BCUT2D eigenvalue weighted by Gasteiger charge is -2.31. The first-order chi connectivity index (χ1) is 17.9. The number of rotatable bonds is 4. The van der Waals surface area contributed by atoms with Gasteiger partial charge in [0.2, 0.25) is 5.95 Å². The van der Waals surface area contributed by atoms with Gasteiger partial charge in [-0.15, -0.1) is 5.92 Å². The number of anilines is 1. The zero-order chi connectivity index (χ0) is 25.8.